The van der Waals surface area contributed by atoms with Crippen LogP contribution < -0.4 is 14.4 Å². The Morgan fingerprint density at radius 3 is 2.69 bits per heavy atom. The highest BCUT2D eigenvalue weighted by atomic mass is 16.5. The van der Waals surface area contributed by atoms with Crippen LogP contribution in [0.3, 0.4) is 0 Å². The zero-order valence-electron chi connectivity index (χ0n) is 14.7. The molecule has 0 unspecified atom stereocenters. The molecular weight excluding hydrogens is 330 g/mol. The van der Waals surface area contributed by atoms with Gasteiger partial charge in [0.2, 0.25) is 0 Å². The number of hydrogen-bond donors (Lipinski definition) is 0. The van der Waals surface area contributed by atoms with Gasteiger partial charge in [-0.1, -0.05) is 24.3 Å². The van der Waals surface area contributed by atoms with Crippen LogP contribution in [-0.4, -0.2) is 38.6 Å². The van der Waals surface area contributed by atoms with Gasteiger partial charge in [0.25, 0.3) is 5.91 Å². The number of amides is 1. The third-order valence-electron chi connectivity index (χ3n) is 4.00. The first-order valence-electron chi connectivity index (χ1n) is 8.04. The van der Waals surface area contributed by atoms with Gasteiger partial charge in [0.15, 0.2) is 5.71 Å². The Kier molecular flexibility index (Phi) is 5.12. The van der Waals surface area contributed by atoms with E-state index in [0.29, 0.717) is 23.8 Å². The number of hydrogen-bond acceptors (Lipinski definition) is 5. The number of anilines is 1. The second-order valence-corrected chi connectivity index (χ2v) is 5.52. The maximum atomic E-state index is 12.6. The molecule has 0 N–H and O–H groups in total. The molecule has 1 heterocycles. The van der Waals surface area contributed by atoms with Crippen LogP contribution in [0.5, 0.6) is 11.5 Å². The number of fused-ring (bicyclic) bond motifs is 1. The average Bonchev–Trinajstić information content (AvgIpc) is 2.94. The van der Waals surface area contributed by atoms with Crippen LogP contribution in [-0.2, 0) is 4.79 Å². The number of methoxy groups -OCH3 is 2. The fraction of sp³-hybridized carbons (Fsp3) is 0.150. The minimum Gasteiger partial charge on any atom is -0.497 e. The fourth-order valence-corrected chi connectivity index (χ4v) is 2.74. The molecule has 0 atom stereocenters. The number of rotatable bonds is 6. The van der Waals surface area contributed by atoms with Crippen LogP contribution in [0.4, 0.5) is 5.69 Å². The summed E-state index contributed by atoms with van der Waals surface area (Å²) in [5.74, 6) is 1.11. The van der Waals surface area contributed by atoms with Gasteiger partial charge in [-0.15, -0.1) is 11.7 Å². The molecule has 132 valence electrons. The van der Waals surface area contributed by atoms with Gasteiger partial charge in [-0.2, -0.15) is 5.10 Å². The monoisotopic (exact) mass is 349 g/mol. The van der Waals surface area contributed by atoms with E-state index in [1.807, 2.05) is 30.3 Å². The van der Waals surface area contributed by atoms with Crippen molar-refractivity contribution in [2.24, 2.45) is 10.2 Å². The molecule has 0 aromatic heterocycles. The van der Waals surface area contributed by atoms with Crippen molar-refractivity contribution in [2.45, 2.75) is 0 Å². The minimum absolute atomic E-state index is 0.190. The zero-order valence-corrected chi connectivity index (χ0v) is 14.7. The molecule has 26 heavy (non-hydrogen) atoms. The zero-order chi connectivity index (χ0) is 18.5. The summed E-state index contributed by atoms with van der Waals surface area (Å²) in [7, 11) is 3.16. The molecule has 1 aliphatic rings. The van der Waals surface area contributed by atoms with Gasteiger partial charge in [-0.05, 0) is 18.2 Å². The topological polar surface area (TPSA) is 63.5 Å². The molecule has 2 aromatic carbocycles. The lowest BCUT2D eigenvalue weighted by Crippen LogP contribution is -2.30. The third kappa shape index (κ3) is 3.21. The van der Waals surface area contributed by atoms with Crippen molar-refractivity contribution < 1.29 is 14.3 Å². The van der Waals surface area contributed by atoms with Gasteiger partial charge < -0.3 is 14.4 Å². The Balaban J connectivity index is 1.92. The standard InChI is InChI=1S/C20H19N3O3/c1-4-11-23-17-8-6-5-7-16(17)19(20(23)24)22-21-13-14-9-10-15(25-2)12-18(14)26-3/h4-10,12-13H,1,11H2,2-3H3/b21-13-,22-19-. The number of carbonyl (C=O) groups is 1. The normalized spacial score (nSPS) is 14.8. The molecule has 0 bridgehead atoms. The van der Waals surface area contributed by atoms with Gasteiger partial charge in [0.1, 0.15) is 11.5 Å². The lowest BCUT2D eigenvalue weighted by molar-refractivity contribution is -0.112. The number of benzene rings is 2. The first-order chi connectivity index (χ1) is 12.7. The van der Waals surface area contributed by atoms with E-state index >= 15 is 0 Å². The highest BCUT2D eigenvalue weighted by molar-refractivity contribution is 6.54. The van der Waals surface area contributed by atoms with Crippen molar-refractivity contribution >= 4 is 23.5 Å². The first kappa shape index (κ1) is 17.4. The largest absolute Gasteiger partial charge is 0.497 e. The number of para-hydroxylation sites is 1. The molecule has 0 aliphatic carbocycles. The van der Waals surface area contributed by atoms with Gasteiger partial charge >= 0.3 is 0 Å². The van der Waals surface area contributed by atoms with Crippen molar-refractivity contribution in [1.82, 2.24) is 0 Å². The lowest BCUT2D eigenvalue weighted by Gasteiger charge is -2.13. The van der Waals surface area contributed by atoms with Crippen LogP contribution in [0.2, 0.25) is 0 Å². The third-order valence-corrected chi connectivity index (χ3v) is 4.00. The molecular formula is C20H19N3O3. The molecule has 2 aromatic rings. The molecule has 6 nitrogen and oxygen atoms in total. The molecule has 1 aliphatic heterocycles. The molecule has 0 fully saturated rings. The van der Waals surface area contributed by atoms with E-state index < -0.39 is 0 Å². The van der Waals surface area contributed by atoms with Crippen molar-refractivity contribution in [2.75, 3.05) is 25.7 Å². The fourth-order valence-electron chi connectivity index (χ4n) is 2.74. The van der Waals surface area contributed by atoms with E-state index in [0.717, 1.165) is 16.8 Å². The second kappa shape index (κ2) is 7.65. The van der Waals surface area contributed by atoms with E-state index in [1.54, 1.807) is 43.5 Å². The summed E-state index contributed by atoms with van der Waals surface area (Å²) in [4.78, 5) is 14.3. The molecule has 0 saturated carbocycles. The summed E-state index contributed by atoms with van der Waals surface area (Å²) in [6.07, 6.45) is 3.24. The molecule has 1 amide bonds. The summed E-state index contributed by atoms with van der Waals surface area (Å²) < 4.78 is 10.5. The predicted octanol–water partition coefficient (Wildman–Crippen LogP) is 3.06. The van der Waals surface area contributed by atoms with Gasteiger partial charge in [-0.3, -0.25) is 4.79 Å². The smallest absolute Gasteiger partial charge is 0.279 e. The number of carbonyl (C=O) groups excluding carboxylic acids is 1. The Morgan fingerprint density at radius 1 is 1.15 bits per heavy atom. The Bertz CT molecular complexity index is 903. The van der Waals surface area contributed by atoms with Gasteiger partial charge in [0, 0.05) is 23.7 Å². The summed E-state index contributed by atoms with van der Waals surface area (Å²) in [5, 5.41) is 8.27. The van der Waals surface area contributed by atoms with Crippen LogP contribution >= 0.6 is 0 Å². The van der Waals surface area contributed by atoms with Gasteiger partial charge in [-0.25, -0.2) is 0 Å². The molecule has 0 radical (unpaired) electrons. The van der Waals surface area contributed by atoms with Crippen LogP contribution in [0.15, 0.2) is 65.3 Å². The predicted molar refractivity (Wildman–Crippen MR) is 103 cm³/mol. The van der Waals surface area contributed by atoms with Crippen LogP contribution in [0.1, 0.15) is 11.1 Å². The number of ether oxygens (including phenoxy) is 2. The summed E-state index contributed by atoms with van der Waals surface area (Å²) >= 11 is 0. The van der Waals surface area contributed by atoms with E-state index in [4.69, 9.17) is 9.47 Å². The summed E-state index contributed by atoms with van der Waals surface area (Å²) in [6.45, 7) is 4.13. The number of nitrogens with zero attached hydrogens (tertiary/aromatic N) is 3. The highest BCUT2D eigenvalue weighted by Gasteiger charge is 2.32. The average molecular weight is 349 g/mol. The van der Waals surface area contributed by atoms with E-state index in [9.17, 15) is 4.79 Å². The maximum Gasteiger partial charge on any atom is 0.279 e. The Morgan fingerprint density at radius 2 is 1.96 bits per heavy atom. The van der Waals surface area contributed by atoms with Gasteiger partial charge in [0.05, 0.1) is 26.1 Å². The summed E-state index contributed by atoms with van der Waals surface area (Å²) in [5.41, 5.74) is 2.62. The van der Waals surface area contributed by atoms with Crippen molar-refractivity contribution in [3.05, 3.63) is 66.2 Å². The first-order valence-corrected chi connectivity index (χ1v) is 8.04. The molecule has 3 rings (SSSR count). The van der Waals surface area contributed by atoms with Crippen molar-refractivity contribution in [3.8, 4) is 11.5 Å². The van der Waals surface area contributed by atoms with E-state index in [2.05, 4.69) is 16.8 Å². The Hall–Kier alpha value is -3.41. The maximum absolute atomic E-state index is 12.6. The SMILES string of the molecule is C=CCN1C(=O)/C(=N\N=C/c2ccc(OC)cc2OC)c2ccccc21. The summed E-state index contributed by atoms with van der Waals surface area (Å²) in [6, 6.07) is 12.9. The van der Waals surface area contributed by atoms with E-state index in [-0.39, 0.29) is 5.91 Å². The van der Waals surface area contributed by atoms with Crippen LogP contribution in [0.25, 0.3) is 0 Å². The van der Waals surface area contributed by atoms with Crippen molar-refractivity contribution in [1.29, 1.82) is 0 Å². The molecule has 6 heteroatoms. The molecule has 0 spiro atoms. The second-order valence-electron chi connectivity index (χ2n) is 5.52. The lowest BCUT2D eigenvalue weighted by atomic mass is 10.1. The van der Waals surface area contributed by atoms with E-state index in [1.165, 1.54) is 0 Å². The highest BCUT2D eigenvalue weighted by Crippen LogP contribution is 2.29. The molecule has 0 saturated heterocycles. The quantitative estimate of drug-likeness (QED) is 0.457. The van der Waals surface area contributed by atoms with Crippen molar-refractivity contribution in [3.63, 3.8) is 0 Å². The minimum atomic E-state index is -0.190. The Labute approximate surface area is 152 Å². The van der Waals surface area contributed by atoms with Crippen LogP contribution in [0, 0.1) is 0 Å².